The van der Waals surface area contributed by atoms with Gasteiger partial charge in [0.2, 0.25) is 0 Å². The van der Waals surface area contributed by atoms with Crippen molar-refractivity contribution in [3.05, 3.63) is 55.4 Å². The van der Waals surface area contributed by atoms with E-state index in [9.17, 15) is 10.1 Å². The Morgan fingerprint density at radius 1 is 1.42 bits per heavy atom. The molecule has 0 bridgehead atoms. The van der Waals surface area contributed by atoms with Gasteiger partial charge in [0.25, 0.3) is 5.56 Å². The summed E-state index contributed by atoms with van der Waals surface area (Å²) in [4.78, 5) is 14.3. The van der Waals surface area contributed by atoms with Gasteiger partial charge >= 0.3 is 0 Å². The van der Waals surface area contributed by atoms with Crippen LogP contribution in [0.15, 0.2) is 27.5 Å². The minimum atomic E-state index is -0.367. The lowest BCUT2D eigenvalue weighted by Gasteiger charge is -2.20. The van der Waals surface area contributed by atoms with Crippen molar-refractivity contribution < 1.29 is 4.74 Å². The maximum Gasteiger partial charge on any atom is 0.286 e. The molecule has 0 fully saturated rings. The molecule has 1 aromatic heterocycles. The van der Waals surface area contributed by atoms with Crippen molar-refractivity contribution in [2.45, 2.75) is 27.1 Å². The lowest BCUT2D eigenvalue weighted by atomic mass is 10.1. The van der Waals surface area contributed by atoms with Crippen molar-refractivity contribution in [3.63, 3.8) is 0 Å². The van der Waals surface area contributed by atoms with Gasteiger partial charge in [0.15, 0.2) is 0 Å². The van der Waals surface area contributed by atoms with E-state index in [-0.39, 0.29) is 17.8 Å². The first-order valence-corrected chi connectivity index (χ1v) is 8.16. The molecule has 0 aliphatic heterocycles. The number of methoxy groups -OCH3 is 1. The molecule has 0 amide bonds. The Hall–Kier alpha value is -2.17. The van der Waals surface area contributed by atoms with Gasteiger partial charge in [-0.3, -0.25) is 9.69 Å². The molecule has 0 aliphatic carbocycles. The molecular weight excluding hydrogens is 372 g/mol. The Morgan fingerprint density at radius 2 is 2.12 bits per heavy atom. The second kappa shape index (κ2) is 7.60. The van der Waals surface area contributed by atoms with Gasteiger partial charge in [-0.25, -0.2) is 4.68 Å². The Labute approximate surface area is 149 Å². The minimum Gasteiger partial charge on any atom is -0.496 e. The third-order valence-electron chi connectivity index (χ3n) is 3.81. The number of ether oxygens (including phenoxy) is 1. The molecule has 2 aromatic rings. The fourth-order valence-corrected chi connectivity index (χ4v) is 2.85. The van der Waals surface area contributed by atoms with Crippen LogP contribution in [0.4, 0.5) is 0 Å². The average molecular weight is 391 g/mol. The van der Waals surface area contributed by atoms with Crippen molar-refractivity contribution in [2.75, 3.05) is 14.2 Å². The van der Waals surface area contributed by atoms with E-state index in [0.29, 0.717) is 17.8 Å². The summed E-state index contributed by atoms with van der Waals surface area (Å²) in [5.74, 6) is 0.781. The first-order valence-electron chi connectivity index (χ1n) is 7.36. The summed E-state index contributed by atoms with van der Waals surface area (Å²) in [6, 6.07) is 7.76. The lowest BCUT2D eigenvalue weighted by molar-refractivity contribution is 0.235. The molecule has 0 saturated carbocycles. The minimum absolute atomic E-state index is 0.149. The third kappa shape index (κ3) is 3.83. The quantitative estimate of drug-likeness (QED) is 0.784. The van der Waals surface area contributed by atoms with Crippen LogP contribution < -0.4 is 10.3 Å². The number of nitrogens with zero attached hydrogens (tertiary/aromatic N) is 4. The monoisotopic (exact) mass is 390 g/mol. The molecule has 0 atom stereocenters. The molecule has 0 aliphatic rings. The Kier molecular flexibility index (Phi) is 5.75. The predicted molar refractivity (Wildman–Crippen MR) is 94.8 cm³/mol. The van der Waals surface area contributed by atoms with E-state index in [1.54, 1.807) is 21.0 Å². The molecule has 0 unspecified atom stereocenters. The number of halogens is 1. The maximum atomic E-state index is 12.4. The van der Waals surface area contributed by atoms with Gasteiger partial charge in [-0.1, -0.05) is 15.9 Å². The summed E-state index contributed by atoms with van der Waals surface area (Å²) >= 11 is 3.45. The molecule has 2 rings (SSSR count). The van der Waals surface area contributed by atoms with Crippen LogP contribution >= 0.6 is 15.9 Å². The average Bonchev–Trinajstić information content (AvgIpc) is 2.53. The van der Waals surface area contributed by atoms with Crippen molar-refractivity contribution in [3.8, 4) is 11.8 Å². The molecule has 24 heavy (non-hydrogen) atoms. The van der Waals surface area contributed by atoms with Crippen molar-refractivity contribution in [1.29, 1.82) is 5.26 Å². The topological polar surface area (TPSA) is 71.2 Å². The first-order chi connectivity index (χ1) is 11.4. The summed E-state index contributed by atoms with van der Waals surface area (Å²) in [5, 5.41) is 13.5. The van der Waals surface area contributed by atoms with Crippen LogP contribution in [-0.4, -0.2) is 28.8 Å². The summed E-state index contributed by atoms with van der Waals surface area (Å²) in [6.45, 7) is 4.39. The van der Waals surface area contributed by atoms with E-state index in [4.69, 9.17) is 4.74 Å². The second-order valence-corrected chi connectivity index (χ2v) is 6.53. The highest BCUT2D eigenvalue weighted by atomic mass is 79.9. The number of hydrogen-bond acceptors (Lipinski definition) is 5. The lowest BCUT2D eigenvalue weighted by Crippen LogP contribution is -2.34. The SMILES string of the molecule is COc1ccc(Br)cc1CN(C)Cn1nc(C)c(C)c(C#N)c1=O. The highest BCUT2D eigenvalue weighted by Gasteiger charge is 2.14. The summed E-state index contributed by atoms with van der Waals surface area (Å²) < 4.78 is 7.65. The van der Waals surface area contributed by atoms with Crippen LogP contribution in [0, 0.1) is 25.2 Å². The van der Waals surface area contributed by atoms with Gasteiger partial charge in [0, 0.05) is 16.6 Å². The Balaban J connectivity index is 2.27. The largest absolute Gasteiger partial charge is 0.496 e. The van der Waals surface area contributed by atoms with Crippen LogP contribution in [0.1, 0.15) is 22.4 Å². The van der Waals surface area contributed by atoms with Gasteiger partial charge in [0.05, 0.1) is 19.5 Å². The van der Waals surface area contributed by atoms with Crippen molar-refractivity contribution in [2.24, 2.45) is 0 Å². The maximum absolute atomic E-state index is 12.4. The zero-order chi connectivity index (χ0) is 17.9. The third-order valence-corrected chi connectivity index (χ3v) is 4.30. The fourth-order valence-electron chi connectivity index (χ4n) is 2.44. The highest BCUT2D eigenvalue weighted by Crippen LogP contribution is 2.24. The standard InChI is InChI=1S/C17H19BrN4O2/c1-11-12(2)20-22(17(23)15(11)8-19)10-21(3)9-13-7-14(18)5-6-16(13)24-4/h5-7H,9-10H2,1-4H3. The van der Waals surface area contributed by atoms with E-state index in [1.165, 1.54) is 4.68 Å². The Morgan fingerprint density at radius 3 is 2.75 bits per heavy atom. The summed E-state index contributed by atoms with van der Waals surface area (Å²) in [5.41, 5.74) is 2.09. The summed E-state index contributed by atoms with van der Waals surface area (Å²) in [7, 11) is 3.51. The van der Waals surface area contributed by atoms with E-state index in [2.05, 4.69) is 21.0 Å². The molecule has 0 spiro atoms. The number of aryl methyl sites for hydroxylation is 1. The predicted octanol–water partition coefficient (Wildman–Crippen LogP) is 2.59. The van der Waals surface area contributed by atoms with Crippen LogP contribution in [0.3, 0.4) is 0 Å². The highest BCUT2D eigenvalue weighted by molar-refractivity contribution is 9.10. The molecule has 1 aromatic carbocycles. The summed E-state index contributed by atoms with van der Waals surface area (Å²) in [6.07, 6.45) is 0. The zero-order valence-electron chi connectivity index (χ0n) is 14.1. The molecule has 6 nitrogen and oxygen atoms in total. The molecule has 7 heteroatoms. The molecule has 1 heterocycles. The van der Waals surface area contributed by atoms with E-state index >= 15 is 0 Å². The second-order valence-electron chi connectivity index (χ2n) is 5.61. The molecular formula is C17H19BrN4O2. The van der Waals surface area contributed by atoms with Crippen molar-refractivity contribution >= 4 is 15.9 Å². The van der Waals surface area contributed by atoms with Crippen LogP contribution in [-0.2, 0) is 13.2 Å². The normalized spacial score (nSPS) is 10.7. The van der Waals surface area contributed by atoms with E-state index in [0.717, 1.165) is 15.8 Å². The molecule has 0 radical (unpaired) electrons. The zero-order valence-corrected chi connectivity index (χ0v) is 15.7. The molecule has 0 saturated heterocycles. The number of benzene rings is 1. The molecule has 0 N–H and O–H groups in total. The van der Waals surface area contributed by atoms with Crippen LogP contribution in [0.5, 0.6) is 5.75 Å². The van der Waals surface area contributed by atoms with Crippen LogP contribution in [0.2, 0.25) is 0 Å². The molecule has 126 valence electrons. The van der Waals surface area contributed by atoms with Crippen LogP contribution in [0.25, 0.3) is 0 Å². The fraction of sp³-hybridized carbons (Fsp3) is 0.353. The smallest absolute Gasteiger partial charge is 0.286 e. The van der Waals surface area contributed by atoms with Gasteiger partial charge < -0.3 is 4.74 Å². The van der Waals surface area contributed by atoms with Gasteiger partial charge in [-0.05, 0) is 44.7 Å². The van der Waals surface area contributed by atoms with Gasteiger partial charge in [0.1, 0.15) is 17.4 Å². The number of nitriles is 1. The van der Waals surface area contributed by atoms with E-state index in [1.807, 2.05) is 36.2 Å². The van der Waals surface area contributed by atoms with E-state index < -0.39 is 0 Å². The first kappa shape index (κ1) is 18.2. The van der Waals surface area contributed by atoms with Crippen molar-refractivity contribution in [1.82, 2.24) is 14.7 Å². The van der Waals surface area contributed by atoms with Gasteiger partial charge in [-0.2, -0.15) is 10.4 Å². The number of hydrogen-bond donors (Lipinski definition) is 0. The number of rotatable bonds is 5. The van der Waals surface area contributed by atoms with Gasteiger partial charge in [-0.15, -0.1) is 0 Å². The number of aromatic nitrogens is 2. The Bertz CT molecular complexity index is 855.